The van der Waals surface area contributed by atoms with E-state index >= 15 is 0 Å². The minimum absolute atomic E-state index is 0.0264. The second-order valence-corrected chi connectivity index (χ2v) is 7.44. The zero-order valence-electron chi connectivity index (χ0n) is 15.9. The van der Waals surface area contributed by atoms with Crippen molar-refractivity contribution in [3.05, 3.63) is 59.8 Å². The lowest BCUT2D eigenvalue weighted by atomic mass is 10.1. The molecular formula is C21H26N4O2. The number of carbonyl (C=O) groups excluding carboxylic acids is 1. The lowest BCUT2D eigenvalue weighted by Gasteiger charge is -2.36. The van der Waals surface area contributed by atoms with Crippen molar-refractivity contribution in [1.82, 2.24) is 14.8 Å². The summed E-state index contributed by atoms with van der Waals surface area (Å²) in [6, 6.07) is 14.8. The highest BCUT2D eigenvalue weighted by molar-refractivity contribution is 5.93. The van der Waals surface area contributed by atoms with Crippen LogP contribution in [0.5, 0.6) is 0 Å². The SMILES string of the molecule is CN(C)C(=O)c1ccc(N2CC3OCCN(Cc4ccccc4)C3C2)nc1. The second kappa shape index (κ2) is 7.66. The molecule has 0 aliphatic carbocycles. The van der Waals surface area contributed by atoms with Gasteiger partial charge in [0.15, 0.2) is 0 Å². The number of morpholine rings is 1. The minimum Gasteiger partial charge on any atom is -0.373 e. The van der Waals surface area contributed by atoms with E-state index in [4.69, 9.17) is 4.74 Å². The van der Waals surface area contributed by atoms with Crippen molar-refractivity contribution in [3.63, 3.8) is 0 Å². The number of fused-ring (bicyclic) bond motifs is 1. The van der Waals surface area contributed by atoms with Crippen LogP contribution in [0.4, 0.5) is 5.82 Å². The van der Waals surface area contributed by atoms with E-state index in [2.05, 4.69) is 45.1 Å². The van der Waals surface area contributed by atoms with Crippen LogP contribution in [0.3, 0.4) is 0 Å². The Bertz CT molecular complexity index is 779. The third-order valence-corrected chi connectivity index (χ3v) is 5.37. The first-order valence-electron chi connectivity index (χ1n) is 9.44. The number of aromatic nitrogens is 1. The molecule has 4 rings (SSSR count). The smallest absolute Gasteiger partial charge is 0.254 e. The standard InChI is InChI=1S/C21H26N4O2/c1-23(2)21(26)17-8-9-20(22-12-17)25-14-18-19(15-25)27-11-10-24(18)13-16-6-4-3-5-7-16/h3-9,12,18-19H,10-11,13-15H2,1-2H3. The van der Waals surface area contributed by atoms with Gasteiger partial charge in [-0.25, -0.2) is 4.98 Å². The van der Waals surface area contributed by atoms with E-state index in [0.717, 1.165) is 38.6 Å². The van der Waals surface area contributed by atoms with Gasteiger partial charge in [0.2, 0.25) is 0 Å². The molecule has 2 aliphatic rings. The number of hydrogen-bond acceptors (Lipinski definition) is 5. The van der Waals surface area contributed by atoms with Crippen molar-refractivity contribution >= 4 is 11.7 Å². The van der Waals surface area contributed by atoms with Crippen LogP contribution in [-0.4, -0.2) is 73.2 Å². The van der Waals surface area contributed by atoms with Gasteiger partial charge in [0.05, 0.1) is 24.3 Å². The Kier molecular flexibility index (Phi) is 5.09. The molecule has 2 saturated heterocycles. The van der Waals surface area contributed by atoms with Gasteiger partial charge in [0.1, 0.15) is 5.82 Å². The second-order valence-electron chi connectivity index (χ2n) is 7.44. The lowest BCUT2D eigenvalue weighted by Crippen LogP contribution is -2.50. The fraction of sp³-hybridized carbons (Fsp3) is 0.429. The van der Waals surface area contributed by atoms with Crippen LogP contribution in [0, 0.1) is 0 Å². The molecule has 0 N–H and O–H groups in total. The van der Waals surface area contributed by atoms with Crippen molar-refractivity contribution in [2.75, 3.05) is 45.2 Å². The average molecular weight is 366 g/mol. The third-order valence-electron chi connectivity index (χ3n) is 5.37. The van der Waals surface area contributed by atoms with Gasteiger partial charge >= 0.3 is 0 Å². The molecule has 1 amide bonds. The van der Waals surface area contributed by atoms with E-state index in [1.807, 2.05) is 12.1 Å². The van der Waals surface area contributed by atoms with Crippen LogP contribution >= 0.6 is 0 Å². The van der Waals surface area contributed by atoms with Crippen LogP contribution in [0.1, 0.15) is 15.9 Å². The van der Waals surface area contributed by atoms with Crippen molar-refractivity contribution in [2.24, 2.45) is 0 Å². The summed E-state index contributed by atoms with van der Waals surface area (Å²) in [5.74, 6) is 0.879. The molecule has 2 atom stereocenters. The number of anilines is 1. The summed E-state index contributed by atoms with van der Waals surface area (Å²) in [7, 11) is 3.50. The van der Waals surface area contributed by atoms with Gasteiger partial charge in [-0.15, -0.1) is 0 Å². The van der Waals surface area contributed by atoms with Crippen LogP contribution in [0.2, 0.25) is 0 Å². The molecule has 2 aromatic rings. The Balaban J connectivity index is 1.45. The summed E-state index contributed by atoms with van der Waals surface area (Å²) < 4.78 is 6.04. The zero-order chi connectivity index (χ0) is 18.8. The predicted molar refractivity (Wildman–Crippen MR) is 105 cm³/mol. The van der Waals surface area contributed by atoms with E-state index in [0.29, 0.717) is 11.6 Å². The Hall–Kier alpha value is -2.44. The average Bonchev–Trinajstić information content (AvgIpc) is 3.14. The minimum atomic E-state index is -0.0264. The maximum absolute atomic E-state index is 12.0. The van der Waals surface area contributed by atoms with Crippen molar-refractivity contribution in [1.29, 1.82) is 0 Å². The molecule has 27 heavy (non-hydrogen) atoms. The van der Waals surface area contributed by atoms with E-state index in [1.54, 1.807) is 25.2 Å². The summed E-state index contributed by atoms with van der Waals surface area (Å²) in [5.41, 5.74) is 1.95. The molecule has 2 unspecified atom stereocenters. The fourth-order valence-corrected chi connectivity index (χ4v) is 3.92. The maximum atomic E-state index is 12.0. The third kappa shape index (κ3) is 3.82. The first-order valence-corrected chi connectivity index (χ1v) is 9.44. The van der Waals surface area contributed by atoms with Crippen LogP contribution in [-0.2, 0) is 11.3 Å². The largest absolute Gasteiger partial charge is 0.373 e. The highest BCUT2D eigenvalue weighted by Gasteiger charge is 2.40. The van der Waals surface area contributed by atoms with Gasteiger partial charge in [-0.05, 0) is 17.7 Å². The normalized spacial score (nSPS) is 22.5. The number of pyridine rings is 1. The van der Waals surface area contributed by atoms with Crippen molar-refractivity contribution < 1.29 is 9.53 Å². The molecule has 2 aliphatic heterocycles. The summed E-state index contributed by atoms with van der Waals surface area (Å²) in [5, 5.41) is 0. The molecule has 6 heteroatoms. The Morgan fingerprint density at radius 2 is 2.00 bits per heavy atom. The highest BCUT2D eigenvalue weighted by atomic mass is 16.5. The Morgan fingerprint density at radius 1 is 1.19 bits per heavy atom. The van der Waals surface area contributed by atoms with Gasteiger partial charge < -0.3 is 14.5 Å². The number of ether oxygens (including phenoxy) is 1. The number of benzene rings is 1. The first kappa shape index (κ1) is 17.9. The maximum Gasteiger partial charge on any atom is 0.254 e. The molecule has 0 saturated carbocycles. The number of carbonyl (C=O) groups is 1. The topological polar surface area (TPSA) is 48.9 Å². The van der Waals surface area contributed by atoms with E-state index < -0.39 is 0 Å². The zero-order valence-corrected chi connectivity index (χ0v) is 15.9. The van der Waals surface area contributed by atoms with E-state index in [9.17, 15) is 4.79 Å². The number of rotatable bonds is 4. The van der Waals surface area contributed by atoms with E-state index in [1.165, 1.54) is 5.56 Å². The highest BCUT2D eigenvalue weighted by Crippen LogP contribution is 2.27. The molecule has 1 aromatic carbocycles. The Labute approximate surface area is 160 Å². The molecule has 2 fully saturated rings. The molecular weight excluding hydrogens is 340 g/mol. The van der Waals surface area contributed by atoms with Crippen molar-refractivity contribution in [2.45, 2.75) is 18.7 Å². The van der Waals surface area contributed by atoms with Crippen LogP contribution < -0.4 is 4.90 Å². The van der Waals surface area contributed by atoms with Gasteiger partial charge in [-0.1, -0.05) is 30.3 Å². The first-order chi connectivity index (χ1) is 13.1. The monoisotopic (exact) mass is 366 g/mol. The molecule has 142 valence electrons. The predicted octanol–water partition coefficient (Wildman–Crippen LogP) is 1.87. The van der Waals surface area contributed by atoms with Gasteiger partial charge in [0, 0.05) is 46.5 Å². The molecule has 3 heterocycles. The summed E-state index contributed by atoms with van der Waals surface area (Å²) in [6.07, 6.45) is 1.87. The summed E-state index contributed by atoms with van der Waals surface area (Å²) in [6.45, 7) is 4.40. The number of amides is 1. The fourth-order valence-electron chi connectivity index (χ4n) is 3.92. The summed E-state index contributed by atoms with van der Waals surface area (Å²) in [4.78, 5) is 22.9. The summed E-state index contributed by atoms with van der Waals surface area (Å²) >= 11 is 0. The van der Waals surface area contributed by atoms with Gasteiger partial charge in [0.25, 0.3) is 5.91 Å². The molecule has 0 spiro atoms. The van der Waals surface area contributed by atoms with Crippen LogP contribution in [0.15, 0.2) is 48.7 Å². The quantitative estimate of drug-likeness (QED) is 0.827. The van der Waals surface area contributed by atoms with Crippen LogP contribution in [0.25, 0.3) is 0 Å². The van der Waals surface area contributed by atoms with Gasteiger partial charge in [-0.3, -0.25) is 9.69 Å². The lowest BCUT2D eigenvalue weighted by molar-refractivity contribution is -0.0499. The van der Waals surface area contributed by atoms with Crippen molar-refractivity contribution in [3.8, 4) is 0 Å². The number of hydrogen-bond donors (Lipinski definition) is 0. The molecule has 0 radical (unpaired) electrons. The van der Waals surface area contributed by atoms with Gasteiger partial charge in [-0.2, -0.15) is 0 Å². The Morgan fingerprint density at radius 3 is 2.70 bits per heavy atom. The van der Waals surface area contributed by atoms with E-state index in [-0.39, 0.29) is 12.0 Å². The molecule has 1 aromatic heterocycles. The molecule has 0 bridgehead atoms. The number of nitrogens with zero attached hydrogens (tertiary/aromatic N) is 4. The molecule has 6 nitrogen and oxygen atoms in total.